The summed E-state index contributed by atoms with van der Waals surface area (Å²) < 4.78 is 16.2. The van der Waals surface area contributed by atoms with E-state index < -0.39 is 0 Å². The highest BCUT2D eigenvalue weighted by atomic mass is 16.5. The molecular formula is C25H30N2O5. The van der Waals surface area contributed by atoms with Crippen LogP contribution in [-0.4, -0.2) is 69.1 Å². The molecule has 0 unspecified atom stereocenters. The minimum Gasteiger partial charge on any atom is -0.497 e. The molecule has 0 spiro atoms. The molecule has 0 aromatic heterocycles. The molecule has 0 aliphatic carbocycles. The van der Waals surface area contributed by atoms with Gasteiger partial charge in [-0.25, -0.2) is 0 Å². The second-order valence-electron chi connectivity index (χ2n) is 8.29. The average molecular weight is 439 g/mol. The standard InChI is InChI=1S/C25H30N2O5/c1-30-18-8-6-17(7-9-18)24(28)27-15-21(20-11-10-19(31-2)14-23(20)32-3)22(16-27)25(29)26-12-4-5-13-26/h6-11,14,21-22H,4-5,12-13,15-16H2,1-3H3/t21-,22-/m1/s1. The molecule has 2 aliphatic rings. The molecule has 2 saturated heterocycles. The molecule has 32 heavy (non-hydrogen) atoms. The highest BCUT2D eigenvalue weighted by Crippen LogP contribution is 2.40. The molecule has 0 N–H and O–H groups in total. The summed E-state index contributed by atoms with van der Waals surface area (Å²) in [5.41, 5.74) is 1.51. The summed E-state index contributed by atoms with van der Waals surface area (Å²) in [5.74, 6) is 1.65. The molecule has 2 atom stereocenters. The zero-order chi connectivity index (χ0) is 22.7. The first-order valence-corrected chi connectivity index (χ1v) is 11.0. The van der Waals surface area contributed by atoms with Gasteiger partial charge in [0.1, 0.15) is 17.2 Å². The summed E-state index contributed by atoms with van der Waals surface area (Å²) in [6, 6.07) is 12.7. The molecule has 0 bridgehead atoms. The fourth-order valence-corrected chi connectivity index (χ4v) is 4.75. The van der Waals surface area contributed by atoms with Gasteiger partial charge in [0, 0.05) is 49.3 Å². The second-order valence-corrected chi connectivity index (χ2v) is 8.29. The van der Waals surface area contributed by atoms with Crippen LogP contribution in [0.2, 0.25) is 0 Å². The van der Waals surface area contributed by atoms with Crippen molar-refractivity contribution in [1.29, 1.82) is 0 Å². The molecule has 0 saturated carbocycles. The third kappa shape index (κ3) is 4.24. The maximum atomic E-state index is 13.4. The van der Waals surface area contributed by atoms with E-state index in [4.69, 9.17) is 14.2 Å². The lowest BCUT2D eigenvalue weighted by Crippen LogP contribution is -2.37. The number of methoxy groups -OCH3 is 3. The fourth-order valence-electron chi connectivity index (χ4n) is 4.75. The lowest BCUT2D eigenvalue weighted by molar-refractivity contribution is -0.134. The first-order valence-electron chi connectivity index (χ1n) is 11.0. The smallest absolute Gasteiger partial charge is 0.253 e. The summed E-state index contributed by atoms with van der Waals surface area (Å²) >= 11 is 0. The number of benzene rings is 2. The Kier molecular flexibility index (Phi) is 6.53. The van der Waals surface area contributed by atoms with Crippen molar-refractivity contribution in [2.45, 2.75) is 18.8 Å². The Labute approximate surface area is 188 Å². The zero-order valence-electron chi connectivity index (χ0n) is 18.9. The van der Waals surface area contributed by atoms with E-state index in [0.29, 0.717) is 35.9 Å². The van der Waals surface area contributed by atoms with Gasteiger partial charge in [0.25, 0.3) is 5.91 Å². The van der Waals surface area contributed by atoms with Gasteiger partial charge in [-0.1, -0.05) is 6.07 Å². The molecule has 2 aromatic carbocycles. The van der Waals surface area contributed by atoms with Gasteiger partial charge < -0.3 is 24.0 Å². The van der Waals surface area contributed by atoms with Gasteiger partial charge in [-0.3, -0.25) is 9.59 Å². The molecule has 4 rings (SSSR count). The van der Waals surface area contributed by atoms with Gasteiger partial charge in [0.15, 0.2) is 0 Å². The van der Waals surface area contributed by atoms with Crippen molar-refractivity contribution < 1.29 is 23.8 Å². The molecule has 170 valence electrons. The van der Waals surface area contributed by atoms with Gasteiger partial charge in [-0.2, -0.15) is 0 Å². The lowest BCUT2D eigenvalue weighted by Gasteiger charge is -2.25. The first kappa shape index (κ1) is 22.0. The van der Waals surface area contributed by atoms with Crippen molar-refractivity contribution in [2.24, 2.45) is 5.92 Å². The van der Waals surface area contributed by atoms with Crippen molar-refractivity contribution in [1.82, 2.24) is 9.80 Å². The number of hydrogen-bond acceptors (Lipinski definition) is 5. The van der Waals surface area contributed by atoms with Crippen LogP contribution >= 0.6 is 0 Å². The first-order chi connectivity index (χ1) is 15.5. The average Bonchev–Trinajstić information content (AvgIpc) is 3.53. The van der Waals surface area contributed by atoms with E-state index in [-0.39, 0.29) is 23.7 Å². The van der Waals surface area contributed by atoms with Gasteiger partial charge in [-0.05, 0) is 43.2 Å². The molecule has 7 nitrogen and oxygen atoms in total. The van der Waals surface area contributed by atoms with Crippen LogP contribution in [0.5, 0.6) is 17.2 Å². The van der Waals surface area contributed by atoms with Gasteiger partial charge >= 0.3 is 0 Å². The minimum atomic E-state index is -0.308. The Morgan fingerprint density at radius 2 is 1.47 bits per heavy atom. The number of carbonyl (C=O) groups excluding carboxylic acids is 2. The molecule has 2 heterocycles. The molecular weight excluding hydrogens is 408 g/mol. The molecule has 2 aromatic rings. The molecule has 2 aliphatic heterocycles. The molecule has 0 radical (unpaired) electrons. The van der Waals surface area contributed by atoms with E-state index in [1.807, 2.05) is 23.1 Å². The van der Waals surface area contributed by atoms with E-state index in [1.54, 1.807) is 50.5 Å². The highest BCUT2D eigenvalue weighted by Gasteiger charge is 2.43. The third-order valence-electron chi connectivity index (χ3n) is 6.52. The van der Waals surface area contributed by atoms with Crippen molar-refractivity contribution in [2.75, 3.05) is 47.5 Å². The van der Waals surface area contributed by atoms with Crippen molar-refractivity contribution in [3.63, 3.8) is 0 Å². The van der Waals surface area contributed by atoms with Gasteiger partial charge in [-0.15, -0.1) is 0 Å². The summed E-state index contributed by atoms with van der Waals surface area (Å²) in [5, 5.41) is 0. The van der Waals surface area contributed by atoms with Gasteiger partial charge in [0.05, 0.1) is 27.2 Å². The van der Waals surface area contributed by atoms with Crippen LogP contribution < -0.4 is 14.2 Å². The summed E-state index contributed by atoms with van der Waals surface area (Å²) in [6.45, 7) is 2.42. The quantitative estimate of drug-likeness (QED) is 0.693. The maximum absolute atomic E-state index is 13.4. The van der Waals surface area contributed by atoms with Crippen molar-refractivity contribution in [3.8, 4) is 17.2 Å². The van der Waals surface area contributed by atoms with Crippen LogP contribution in [0.15, 0.2) is 42.5 Å². The third-order valence-corrected chi connectivity index (χ3v) is 6.52. The van der Waals surface area contributed by atoms with Crippen molar-refractivity contribution >= 4 is 11.8 Å². The van der Waals surface area contributed by atoms with E-state index >= 15 is 0 Å². The summed E-state index contributed by atoms with van der Waals surface area (Å²) in [6.07, 6.45) is 2.06. The number of hydrogen-bond donors (Lipinski definition) is 0. The van der Waals surface area contributed by atoms with Crippen LogP contribution in [0.4, 0.5) is 0 Å². The molecule has 2 amide bonds. The van der Waals surface area contributed by atoms with E-state index in [9.17, 15) is 9.59 Å². The number of ether oxygens (including phenoxy) is 3. The monoisotopic (exact) mass is 438 g/mol. The number of rotatable bonds is 6. The SMILES string of the molecule is COc1ccc(C(=O)N2C[C@H](c3ccc(OC)cc3OC)[C@H](C(=O)N3CCCC3)C2)cc1. The normalized spacial score (nSPS) is 20.3. The summed E-state index contributed by atoms with van der Waals surface area (Å²) in [7, 11) is 4.82. The van der Waals surface area contributed by atoms with E-state index in [2.05, 4.69) is 0 Å². The van der Waals surface area contributed by atoms with E-state index in [0.717, 1.165) is 31.5 Å². The molecule has 7 heteroatoms. The maximum Gasteiger partial charge on any atom is 0.253 e. The minimum absolute atomic E-state index is 0.0816. The van der Waals surface area contributed by atoms with Crippen LogP contribution in [0.3, 0.4) is 0 Å². The fraction of sp³-hybridized carbons (Fsp3) is 0.440. The highest BCUT2D eigenvalue weighted by molar-refractivity contribution is 5.95. The Morgan fingerprint density at radius 3 is 2.09 bits per heavy atom. The summed E-state index contributed by atoms with van der Waals surface area (Å²) in [4.78, 5) is 30.5. The predicted molar refractivity (Wildman–Crippen MR) is 120 cm³/mol. The van der Waals surface area contributed by atoms with Gasteiger partial charge in [0.2, 0.25) is 5.91 Å². The Balaban J connectivity index is 1.64. The van der Waals surface area contributed by atoms with E-state index in [1.165, 1.54) is 0 Å². The number of carbonyl (C=O) groups is 2. The number of likely N-dealkylation sites (tertiary alicyclic amines) is 2. The second kappa shape index (κ2) is 9.51. The Morgan fingerprint density at radius 1 is 0.812 bits per heavy atom. The van der Waals surface area contributed by atoms with Crippen molar-refractivity contribution in [3.05, 3.63) is 53.6 Å². The topological polar surface area (TPSA) is 68.3 Å². The Hall–Kier alpha value is -3.22. The van der Waals surface area contributed by atoms with Crippen LogP contribution in [-0.2, 0) is 4.79 Å². The van der Waals surface area contributed by atoms with Crippen LogP contribution in [0.25, 0.3) is 0 Å². The zero-order valence-corrected chi connectivity index (χ0v) is 18.9. The molecule has 2 fully saturated rings. The Bertz CT molecular complexity index is 969. The lowest BCUT2D eigenvalue weighted by atomic mass is 9.87. The number of amides is 2. The predicted octanol–water partition coefficient (Wildman–Crippen LogP) is 3.19. The largest absolute Gasteiger partial charge is 0.497 e. The van der Waals surface area contributed by atoms with Crippen LogP contribution in [0, 0.1) is 5.92 Å². The number of nitrogens with zero attached hydrogens (tertiary/aromatic N) is 2. The van der Waals surface area contributed by atoms with Crippen LogP contribution in [0.1, 0.15) is 34.7 Å².